The summed E-state index contributed by atoms with van der Waals surface area (Å²) in [5.41, 5.74) is 4.85. The predicted molar refractivity (Wildman–Crippen MR) is 119 cm³/mol. The van der Waals surface area contributed by atoms with Gasteiger partial charge >= 0.3 is 0 Å². The average molecular weight is 385 g/mol. The summed E-state index contributed by atoms with van der Waals surface area (Å²) in [6.45, 7) is 4.04. The SMILES string of the molecule is Cc1ccccc1N=C1S/C(=C/c2ccccc2)C(=O)N1c1ccccc1C. The molecule has 3 aromatic carbocycles. The van der Waals surface area contributed by atoms with Crippen LogP contribution in [0.15, 0.2) is 88.8 Å². The first kappa shape index (κ1) is 18.3. The van der Waals surface area contributed by atoms with Crippen LogP contribution in [-0.4, -0.2) is 11.1 Å². The molecule has 1 heterocycles. The number of hydrogen-bond donors (Lipinski definition) is 0. The summed E-state index contributed by atoms with van der Waals surface area (Å²) in [5, 5.41) is 0.677. The number of nitrogens with zero attached hydrogens (tertiary/aromatic N) is 2. The Bertz CT molecular complexity index is 1090. The van der Waals surface area contributed by atoms with Crippen LogP contribution in [0.3, 0.4) is 0 Å². The second kappa shape index (κ2) is 7.87. The van der Waals surface area contributed by atoms with Crippen LogP contribution < -0.4 is 4.90 Å². The van der Waals surface area contributed by atoms with Gasteiger partial charge in [-0.05, 0) is 60.5 Å². The van der Waals surface area contributed by atoms with Crippen molar-refractivity contribution in [1.29, 1.82) is 0 Å². The van der Waals surface area contributed by atoms with Crippen molar-refractivity contribution in [3.05, 3.63) is 100 Å². The van der Waals surface area contributed by atoms with Gasteiger partial charge < -0.3 is 0 Å². The Morgan fingerprint density at radius 1 is 0.821 bits per heavy atom. The zero-order valence-electron chi connectivity index (χ0n) is 15.8. The highest BCUT2D eigenvalue weighted by atomic mass is 32.2. The second-order valence-electron chi connectivity index (χ2n) is 6.63. The highest BCUT2D eigenvalue weighted by molar-refractivity contribution is 8.19. The molecule has 0 atom stereocenters. The zero-order valence-corrected chi connectivity index (χ0v) is 16.6. The van der Waals surface area contributed by atoms with E-state index in [1.807, 2.05) is 98.8 Å². The molecule has 1 aliphatic heterocycles. The molecule has 1 fully saturated rings. The van der Waals surface area contributed by atoms with Crippen LogP contribution in [0.2, 0.25) is 0 Å². The molecule has 1 amide bonds. The van der Waals surface area contributed by atoms with Gasteiger partial charge in [-0.25, -0.2) is 4.99 Å². The third kappa shape index (κ3) is 3.64. The van der Waals surface area contributed by atoms with E-state index in [0.717, 1.165) is 28.1 Å². The van der Waals surface area contributed by atoms with Gasteiger partial charge in [0.15, 0.2) is 5.17 Å². The van der Waals surface area contributed by atoms with E-state index in [9.17, 15) is 4.79 Å². The van der Waals surface area contributed by atoms with Gasteiger partial charge in [0.2, 0.25) is 0 Å². The Balaban J connectivity index is 1.82. The lowest BCUT2D eigenvalue weighted by Gasteiger charge is -2.18. The number of thioether (sulfide) groups is 1. The highest BCUT2D eigenvalue weighted by Gasteiger charge is 2.35. The van der Waals surface area contributed by atoms with Crippen molar-refractivity contribution in [3.63, 3.8) is 0 Å². The van der Waals surface area contributed by atoms with Crippen molar-refractivity contribution >= 4 is 40.3 Å². The number of aliphatic imine (C=N–C) groups is 1. The molecule has 0 aromatic heterocycles. The largest absolute Gasteiger partial charge is 0.271 e. The van der Waals surface area contributed by atoms with Crippen molar-refractivity contribution in [2.45, 2.75) is 13.8 Å². The molecule has 138 valence electrons. The van der Waals surface area contributed by atoms with Crippen molar-refractivity contribution < 1.29 is 4.79 Å². The third-order valence-electron chi connectivity index (χ3n) is 4.59. The standard InChI is InChI=1S/C24H20N2OS/c1-17-10-6-8-14-20(17)25-24-26(21-15-9-7-11-18(21)2)23(27)22(28-24)16-19-12-4-3-5-13-19/h3-16H,1-2H3/b22-16+,25-24?. The maximum absolute atomic E-state index is 13.3. The molecule has 0 aliphatic carbocycles. The fraction of sp³-hybridized carbons (Fsp3) is 0.0833. The van der Waals surface area contributed by atoms with Gasteiger partial charge in [-0.15, -0.1) is 0 Å². The van der Waals surface area contributed by atoms with Gasteiger partial charge in [0.05, 0.1) is 16.3 Å². The first-order chi connectivity index (χ1) is 13.6. The molecular formula is C24H20N2OS. The van der Waals surface area contributed by atoms with E-state index in [2.05, 4.69) is 0 Å². The van der Waals surface area contributed by atoms with E-state index in [-0.39, 0.29) is 5.91 Å². The van der Waals surface area contributed by atoms with Gasteiger partial charge in [0.1, 0.15) is 0 Å². The van der Waals surface area contributed by atoms with E-state index in [1.165, 1.54) is 11.8 Å². The maximum atomic E-state index is 13.3. The summed E-state index contributed by atoms with van der Waals surface area (Å²) in [7, 11) is 0. The quantitative estimate of drug-likeness (QED) is 0.510. The molecule has 0 bridgehead atoms. The third-order valence-corrected chi connectivity index (χ3v) is 5.56. The van der Waals surface area contributed by atoms with Gasteiger partial charge in [-0.2, -0.15) is 0 Å². The minimum atomic E-state index is -0.0458. The number of para-hydroxylation sites is 2. The van der Waals surface area contributed by atoms with Crippen LogP contribution >= 0.6 is 11.8 Å². The molecule has 1 saturated heterocycles. The van der Waals surface area contributed by atoms with Crippen molar-refractivity contribution in [3.8, 4) is 0 Å². The number of amidine groups is 1. The lowest BCUT2D eigenvalue weighted by atomic mass is 10.1. The van der Waals surface area contributed by atoms with Gasteiger partial charge in [-0.3, -0.25) is 9.69 Å². The van der Waals surface area contributed by atoms with Gasteiger partial charge in [0, 0.05) is 0 Å². The van der Waals surface area contributed by atoms with E-state index >= 15 is 0 Å². The molecule has 3 nitrogen and oxygen atoms in total. The van der Waals surface area contributed by atoms with Crippen LogP contribution in [-0.2, 0) is 4.79 Å². The molecular weight excluding hydrogens is 364 g/mol. The first-order valence-corrected chi connectivity index (χ1v) is 9.94. The molecule has 0 spiro atoms. The topological polar surface area (TPSA) is 32.7 Å². The molecule has 0 radical (unpaired) electrons. The van der Waals surface area contributed by atoms with Crippen LogP contribution in [0.1, 0.15) is 16.7 Å². The normalized spacial score (nSPS) is 16.9. The number of carbonyl (C=O) groups is 1. The van der Waals surface area contributed by atoms with E-state index in [4.69, 9.17) is 4.99 Å². The summed E-state index contributed by atoms with van der Waals surface area (Å²) >= 11 is 1.42. The average Bonchev–Trinajstić information content (AvgIpc) is 3.00. The highest BCUT2D eigenvalue weighted by Crippen LogP contribution is 2.38. The lowest BCUT2D eigenvalue weighted by Crippen LogP contribution is -2.29. The minimum Gasteiger partial charge on any atom is -0.268 e. The fourth-order valence-corrected chi connectivity index (χ4v) is 4.05. The molecule has 0 unspecified atom stereocenters. The number of aryl methyl sites for hydroxylation is 2. The Hall–Kier alpha value is -3.11. The number of anilines is 1. The summed E-state index contributed by atoms with van der Waals surface area (Å²) < 4.78 is 0. The summed E-state index contributed by atoms with van der Waals surface area (Å²) in [6.07, 6.45) is 1.93. The molecule has 4 rings (SSSR count). The molecule has 0 saturated carbocycles. The Morgan fingerprint density at radius 2 is 1.46 bits per heavy atom. The number of rotatable bonds is 3. The monoisotopic (exact) mass is 384 g/mol. The Kier molecular flexibility index (Phi) is 5.13. The first-order valence-electron chi connectivity index (χ1n) is 9.12. The minimum absolute atomic E-state index is 0.0458. The Labute approximate surface area is 169 Å². The summed E-state index contributed by atoms with van der Waals surface area (Å²) in [6, 6.07) is 25.8. The molecule has 28 heavy (non-hydrogen) atoms. The number of amides is 1. The van der Waals surface area contributed by atoms with Crippen LogP contribution in [0, 0.1) is 13.8 Å². The molecule has 4 heteroatoms. The fourth-order valence-electron chi connectivity index (χ4n) is 3.07. The van der Waals surface area contributed by atoms with Gasteiger partial charge in [0.25, 0.3) is 5.91 Å². The maximum Gasteiger partial charge on any atom is 0.271 e. The summed E-state index contributed by atoms with van der Waals surface area (Å²) in [5.74, 6) is -0.0458. The van der Waals surface area contributed by atoms with Crippen LogP contribution in [0.5, 0.6) is 0 Å². The summed E-state index contributed by atoms with van der Waals surface area (Å²) in [4.78, 5) is 20.5. The number of benzene rings is 3. The van der Waals surface area contributed by atoms with E-state index in [0.29, 0.717) is 10.1 Å². The molecule has 3 aromatic rings. The number of hydrogen-bond acceptors (Lipinski definition) is 3. The van der Waals surface area contributed by atoms with Crippen molar-refractivity contribution in [1.82, 2.24) is 0 Å². The zero-order chi connectivity index (χ0) is 19.5. The van der Waals surface area contributed by atoms with Crippen molar-refractivity contribution in [2.75, 3.05) is 4.90 Å². The Morgan fingerprint density at radius 3 is 2.18 bits per heavy atom. The predicted octanol–water partition coefficient (Wildman–Crippen LogP) is 6.11. The molecule has 0 N–H and O–H groups in total. The van der Waals surface area contributed by atoms with E-state index < -0.39 is 0 Å². The smallest absolute Gasteiger partial charge is 0.268 e. The second-order valence-corrected chi connectivity index (χ2v) is 7.64. The van der Waals surface area contributed by atoms with Crippen molar-refractivity contribution in [2.24, 2.45) is 4.99 Å². The van der Waals surface area contributed by atoms with E-state index in [1.54, 1.807) is 4.90 Å². The lowest BCUT2D eigenvalue weighted by molar-refractivity contribution is -0.113. The number of carbonyl (C=O) groups excluding carboxylic acids is 1. The van der Waals surface area contributed by atoms with Gasteiger partial charge in [-0.1, -0.05) is 66.7 Å². The molecule has 1 aliphatic rings. The van der Waals surface area contributed by atoms with Crippen LogP contribution in [0.4, 0.5) is 11.4 Å². The van der Waals surface area contributed by atoms with Crippen LogP contribution in [0.25, 0.3) is 6.08 Å².